The Morgan fingerprint density at radius 3 is 1.77 bits per heavy atom. The van der Waals surface area contributed by atoms with Crippen LogP contribution < -0.4 is 11.5 Å². The van der Waals surface area contributed by atoms with Crippen molar-refractivity contribution < 1.29 is 27.6 Å². The van der Waals surface area contributed by atoms with Gasteiger partial charge in [0.2, 0.25) is 0 Å². The van der Waals surface area contributed by atoms with Gasteiger partial charge in [-0.05, 0) is 117 Å². The minimum atomic E-state index is -0.311. The van der Waals surface area contributed by atoms with Gasteiger partial charge in [-0.3, -0.25) is 0 Å². The second kappa shape index (κ2) is 15.0. The lowest BCUT2D eigenvalue weighted by Crippen LogP contribution is -2.41. The van der Waals surface area contributed by atoms with Crippen LogP contribution in [0.4, 0.5) is 20.2 Å². The minimum absolute atomic E-state index is 0.182. The van der Waals surface area contributed by atoms with Gasteiger partial charge in [-0.25, -0.2) is 8.78 Å². The van der Waals surface area contributed by atoms with Crippen molar-refractivity contribution in [3.8, 4) is 0 Å². The van der Waals surface area contributed by atoms with E-state index in [2.05, 4.69) is 62.9 Å². The lowest BCUT2D eigenvalue weighted by atomic mass is 9.75. The normalized spacial score (nSPS) is 18.6. The van der Waals surface area contributed by atoms with Crippen LogP contribution in [0.25, 0.3) is 16.7 Å². The molecule has 0 spiro atoms. The summed E-state index contributed by atoms with van der Waals surface area (Å²) in [6.07, 6.45) is 5.71. The number of hydrogen-bond donors (Lipinski definition) is 2. The van der Waals surface area contributed by atoms with E-state index >= 15 is 0 Å². The fourth-order valence-electron chi connectivity index (χ4n) is 4.70. The highest BCUT2D eigenvalue weighted by Crippen LogP contribution is 2.39. The number of nitrogen functional groups attached to an aromatic ring is 2. The monoisotopic (exact) mass is 672 g/mol. The molecule has 4 N–H and O–H groups in total. The molecule has 0 amide bonds. The van der Waals surface area contributed by atoms with Crippen molar-refractivity contribution in [2.75, 3.05) is 37.9 Å². The first kappa shape index (κ1) is 35.7. The number of halogens is 3. The lowest BCUT2D eigenvalue weighted by molar-refractivity contribution is 0.00578. The Morgan fingerprint density at radius 1 is 0.795 bits per heavy atom. The zero-order valence-corrected chi connectivity index (χ0v) is 28.2. The second-order valence-electron chi connectivity index (χ2n) is 12.1. The summed E-state index contributed by atoms with van der Waals surface area (Å²) >= 11 is 3.16. The highest BCUT2D eigenvalue weighted by atomic mass is 79.9. The number of anilines is 2. The standard InChI is InChI=1S/C14H16FNO.C11H19BO3.C9H9BrFN/c1-9(2)12-7-11(15)8-13(14(12)16)10-3-5-17-6-4-10;1-10(2)11(3,4)15-12(14-10)9-5-7-13-8-6-9;1-5(2)7-3-6(11)4-8(10)9(7)12/h3,7-8H,1,4-6,16H2,2H3;5H,6-8H2,1-4H3;3-4H,1,12H2,2H3. The number of rotatable bonds is 4. The van der Waals surface area contributed by atoms with Crippen LogP contribution in [0.15, 0.2) is 59.5 Å². The van der Waals surface area contributed by atoms with Crippen molar-refractivity contribution in [2.45, 2.75) is 65.6 Å². The van der Waals surface area contributed by atoms with Gasteiger partial charge in [0.1, 0.15) is 11.6 Å². The molecule has 0 aromatic heterocycles. The average Bonchev–Trinajstić information content (AvgIpc) is 3.19. The topological polar surface area (TPSA) is 89.0 Å². The number of nitrogens with two attached hydrogens (primary N) is 2. The molecule has 10 heteroatoms. The van der Waals surface area contributed by atoms with Crippen molar-refractivity contribution in [1.82, 2.24) is 0 Å². The van der Waals surface area contributed by atoms with Crippen molar-refractivity contribution in [3.05, 3.63) is 87.8 Å². The van der Waals surface area contributed by atoms with E-state index in [4.69, 9.17) is 30.2 Å². The minimum Gasteiger partial charge on any atom is -0.400 e. The number of hydrogen-bond acceptors (Lipinski definition) is 6. The molecule has 3 aliphatic rings. The highest BCUT2D eigenvalue weighted by molar-refractivity contribution is 9.10. The fraction of sp³-hybridized carbons (Fsp3) is 0.412. The van der Waals surface area contributed by atoms with Gasteiger partial charge in [-0.1, -0.05) is 25.3 Å². The molecule has 2 aromatic carbocycles. The van der Waals surface area contributed by atoms with E-state index < -0.39 is 0 Å². The van der Waals surface area contributed by atoms with Gasteiger partial charge in [0.25, 0.3) is 0 Å². The van der Waals surface area contributed by atoms with E-state index in [1.807, 2.05) is 13.0 Å². The molecule has 0 aliphatic carbocycles. The summed E-state index contributed by atoms with van der Waals surface area (Å²) in [5.41, 5.74) is 18.3. The number of benzene rings is 2. The molecule has 6 nitrogen and oxygen atoms in total. The van der Waals surface area contributed by atoms with Crippen molar-refractivity contribution in [3.63, 3.8) is 0 Å². The largest absolute Gasteiger partial charge is 0.490 e. The number of ether oxygens (including phenoxy) is 2. The molecule has 2 aromatic rings. The molecule has 0 saturated carbocycles. The van der Waals surface area contributed by atoms with Crippen LogP contribution in [0.5, 0.6) is 0 Å². The summed E-state index contributed by atoms with van der Waals surface area (Å²) in [6.45, 7) is 22.1. The molecule has 0 unspecified atom stereocenters. The molecule has 238 valence electrons. The van der Waals surface area contributed by atoms with Crippen LogP contribution in [0, 0.1) is 11.6 Å². The van der Waals surface area contributed by atoms with E-state index in [1.54, 1.807) is 6.92 Å². The van der Waals surface area contributed by atoms with Crippen LogP contribution in [0.3, 0.4) is 0 Å². The molecule has 44 heavy (non-hydrogen) atoms. The highest BCUT2D eigenvalue weighted by Gasteiger charge is 2.52. The quantitative estimate of drug-likeness (QED) is 0.250. The number of allylic oxidation sites excluding steroid dienone is 2. The van der Waals surface area contributed by atoms with E-state index in [9.17, 15) is 8.78 Å². The van der Waals surface area contributed by atoms with Crippen LogP contribution in [0.1, 0.15) is 71.1 Å². The predicted molar refractivity (Wildman–Crippen MR) is 182 cm³/mol. The molecule has 1 saturated heterocycles. The smallest absolute Gasteiger partial charge is 0.400 e. The Hall–Kier alpha value is -2.76. The summed E-state index contributed by atoms with van der Waals surface area (Å²) in [7, 11) is -0.182. The van der Waals surface area contributed by atoms with Crippen molar-refractivity contribution in [2.24, 2.45) is 0 Å². The maximum absolute atomic E-state index is 13.6. The van der Waals surface area contributed by atoms with Crippen LogP contribution in [-0.2, 0) is 18.8 Å². The summed E-state index contributed by atoms with van der Waals surface area (Å²) in [5, 5.41) is 0. The van der Waals surface area contributed by atoms with Crippen LogP contribution in [-0.4, -0.2) is 44.7 Å². The van der Waals surface area contributed by atoms with E-state index in [-0.39, 0.29) is 30.0 Å². The van der Waals surface area contributed by atoms with Gasteiger partial charge in [0.05, 0.1) is 43.3 Å². The van der Waals surface area contributed by atoms with Gasteiger partial charge >= 0.3 is 7.12 Å². The zero-order chi connectivity index (χ0) is 32.8. The second-order valence-corrected chi connectivity index (χ2v) is 12.9. The fourth-order valence-corrected chi connectivity index (χ4v) is 5.13. The van der Waals surface area contributed by atoms with E-state index in [0.717, 1.165) is 41.7 Å². The maximum atomic E-state index is 13.6. The molecule has 3 aliphatic heterocycles. The van der Waals surface area contributed by atoms with Gasteiger partial charge in [0, 0.05) is 26.9 Å². The van der Waals surface area contributed by atoms with Gasteiger partial charge in [-0.15, -0.1) is 0 Å². The third-order valence-electron chi connectivity index (χ3n) is 8.02. The third kappa shape index (κ3) is 8.91. The zero-order valence-electron chi connectivity index (χ0n) is 26.6. The molecule has 0 bridgehead atoms. The molecule has 0 radical (unpaired) electrons. The van der Waals surface area contributed by atoms with Crippen LogP contribution >= 0.6 is 15.9 Å². The van der Waals surface area contributed by atoms with Crippen LogP contribution in [0.2, 0.25) is 0 Å². The summed E-state index contributed by atoms with van der Waals surface area (Å²) < 4.78 is 49.4. The summed E-state index contributed by atoms with van der Waals surface area (Å²) in [5.74, 6) is -0.589. The SMILES string of the molecule is C=C(C)c1cc(F)cc(Br)c1N.C=C(C)c1cc(F)cc(C2=CCOCC2)c1N.CC1(C)OB(C2=CCOCC2)OC1(C)C. The molecule has 5 rings (SSSR count). The van der Waals surface area contributed by atoms with E-state index in [0.29, 0.717) is 46.8 Å². The Labute approximate surface area is 269 Å². The first-order chi connectivity index (χ1) is 20.5. The maximum Gasteiger partial charge on any atom is 0.490 e. The van der Waals surface area contributed by atoms with E-state index in [1.165, 1.54) is 29.7 Å². The molecular weight excluding hydrogens is 629 g/mol. The molecule has 0 atom stereocenters. The lowest BCUT2D eigenvalue weighted by Gasteiger charge is -2.32. The Morgan fingerprint density at radius 2 is 1.30 bits per heavy atom. The van der Waals surface area contributed by atoms with Gasteiger partial charge in [0.15, 0.2) is 0 Å². The van der Waals surface area contributed by atoms with Crippen molar-refractivity contribution in [1.29, 1.82) is 0 Å². The Balaban J connectivity index is 0.000000183. The molecule has 1 fully saturated rings. The Bertz CT molecular complexity index is 1440. The Kier molecular flexibility index (Phi) is 12.2. The summed E-state index contributed by atoms with van der Waals surface area (Å²) in [4.78, 5) is 0. The summed E-state index contributed by atoms with van der Waals surface area (Å²) in [6, 6.07) is 5.63. The third-order valence-corrected chi connectivity index (χ3v) is 8.68. The predicted octanol–water partition coefficient (Wildman–Crippen LogP) is 8.41. The first-order valence-corrected chi connectivity index (χ1v) is 15.4. The molecular formula is C34H44BBrF2N2O4. The first-order valence-electron chi connectivity index (χ1n) is 14.6. The van der Waals surface area contributed by atoms with Gasteiger partial charge in [-0.2, -0.15) is 0 Å². The average molecular weight is 673 g/mol. The molecule has 3 heterocycles. The van der Waals surface area contributed by atoms with Gasteiger partial charge < -0.3 is 30.2 Å². The van der Waals surface area contributed by atoms with Crippen molar-refractivity contribution >= 4 is 51.1 Å².